The lowest BCUT2D eigenvalue weighted by atomic mass is 9.98. The summed E-state index contributed by atoms with van der Waals surface area (Å²) in [5.74, 6) is 2.52. The van der Waals surface area contributed by atoms with Crippen LogP contribution in [0.15, 0.2) is 30.3 Å². The van der Waals surface area contributed by atoms with E-state index in [-0.39, 0.29) is 0 Å². The van der Waals surface area contributed by atoms with E-state index in [4.69, 9.17) is 11.2 Å². The topological polar surface area (TPSA) is 58.6 Å². The number of rotatable bonds is 5. The summed E-state index contributed by atoms with van der Waals surface area (Å²) in [5.41, 5.74) is 0.147. The smallest absolute Gasteiger partial charge is 0.407 e. The predicted octanol–water partition coefficient (Wildman–Crippen LogP) is 3.03. The number of aliphatic hydroxyl groups is 1. The van der Waals surface area contributed by atoms with E-state index in [0.29, 0.717) is 12.8 Å². The number of amides is 1. The molecule has 0 aliphatic heterocycles. The van der Waals surface area contributed by atoms with Crippen molar-refractivity contribution < 1.29 is 14.6 Å². The number of alkyl carbamates (subject to hydrolysis) is 1. The highest BCUT2D eigenvalue weighted by atomic mass is 16.6. The van der Waals surface area contributed by atoms with Crippen molar-refractivity contribution >= 4 is 6.09 Å². The first-order chi connectivity index (χ1) is 9.83. The molecule has 0 radical (unpaired) electrons. The Morgan fingerprint density at radius 2 is 2.00 bits per heavy atom. The number of ether oxygens (including phenoxy) is 1. The summed E-state index contributed by atoms with van der Waals surface area (Å²) in [4.78, 5) is 11.9. The van der Waals surface area contributed by atoms with Crippen molar-refractivity contribution in [2.24, 2.45) is 0 Å². The molecule has 4 heteroatoms. The maximum atomic E-state index is 11.9. The molecule has 1 aromatic rings. The molecule has 1 rings (SSSR count). The first kappa shape index (κ1) is 17.1. The van der Waals surface area contributed by atoms with Crippen molar-refractivity contribution in [1.29, 1.82) is 0 Å². The third-order valence-electron chi connectivity index (χ3n) is 2.82. The summed E-state index contributed by atoms with van der Waals surface area (Å²) in [6.07, 6.45) is 4.83. The SMILES string of the molecule is C#CCC[C@@H](NC(=O)OC(C)(C)C)[C@@H](O)c1ccccc1. The van der Waals surface area contributed by atoms with Crippen molar-refractivity contribution in [1.82, 2.24) is 5.32 Å². The van der Waals surface area contributed by atoms with Gasteiger partial charge < -0.3 is 15.2 Å². The van der Waals surface area contributed by atoms with Gasteiger partial charge in [0, 0.05) is 6.42 Å². The lowest BCUT2D eigenvalue weighted by Gasteiger charge is -2.26. The molecule has 0 bridgehead atoms. The van der Waals surface area contributed by atoms with Gasteiger partial charge in [0.2, 0.25) is 0 Å². The number of carbonyl (C=O) groups is 1. The Hall–Kier alpha value is -1.99. The highest BCUT2D eigenvalue weighted by Crippen LogP contribution is 2.20. The monoisotopic (exact) mass is 289 g/mol. The van der Waals surface area contributed by atoms with E-state index in [1.165, 1.54) is 0 Å². The van der Waals surface area contributed by atoms with Crippen LogP contribution in [0.3, 0.4) is 0 Å². The Morgan fingerprint density at radius 1 is 1.38 bits per heavy atom. The number of terminal acetylenes is 1. The van der Waals surface area contributed by atoms with Gasteiger partial charge in [0.15, 0.2) is 0 Å². The molecule has 114 valence electrons. The summed E-state index contributed by atoms with van der Waals surface area (Å²) in [7, 11) is 0. The van der Waals surface area contributed by atoms with Crippen LogP contribution in [0.2, 0.25) is 0 Å². The van der Waals surface area contributed by atoms with Crippen LogP contribution in [0.4, 0.5) is 4.79 Å². The summed E-state index contributed by atoms with van der Waals surface area (Å²) in [6, 6.07) is 8.68. The molecule has 4 nitrogen and oxygen atoms in total. The fourth-order valence-corrected chi connectivity index (χ4v) is 1.89. The molecule has 0 spiro atoms. The van der Waals surface area contributed by atoms with Gasteiger partial charge in [-0.15, -0.1) is 12.3 Å². The fourth-order valence-electron chi connectivity index (χ4n) is 1.89. The molecule has 0 heterocycles. The Balaban J connectivity index is 2.76. The molecule has 0 aliphatic carbocycles. The number of carbonyl (C=O) groups excluding carboxylic acids is 1. The van der Waals surface area contributed by atoms with Crippen LogP contribution in [0, 0.1) is 12.3 Å². The molecule has 0 fully saturated rings. The highest BCUT2D eigenvalue weighted by molar-refractivity contribution is 5.68. The standard InChI is InChI=1S/C17H23NO3/c1-5-6-12-14(18-16(20)21-17(2,3)4)15(19)13-10-8-7-9-11-13/h1,7-11,14-15,19H,6,12H2,2-4H3,(H,18,20)/t14-,15+/m1/s1. The molecule has 0 unspecified atom stereocenters. The lowest BCUT2D eigenvalue weighted by Crippen LogP contribution is -2.42. The van der Waals surface area contributed by atoms with E-state index in [1.54, 1.807) is 20.8 Å². The molecule has 0 aromatic heterocycles. The molecule has 2 N–H and O–H groups in total. The van der Waals surface area contributed by atoms with Crippen LogP contribution in [-0.2, 0) is 4.74 Å². The highest BCUT2D eigenvalue weighted by Gasteiger charge is 2.25. The minimum absolute atomic E-state index is 0.463. The Bertz CT molecular complexity index is 485. The zero-order valence-electron chi connectivity index (χ0n) is 12.8. The van der Waals surface area contributed by atoms with Crippen molar-refractivity contribution in [2.75, 3.05) is 0 Å². The number of hydrogen-bond acceptors (Lipinski definition) is 3. The number of benzene rings is 1. The molecule has 1 aromatic carbocycles. The van der Waals surface area contributed by atoms with E-state index < -0.39 is 23.8 Å². The summed E-state index contributed by atoms with van der Waals surface area (Å²) >= 11 is 0. The molecular weight excluding hydrogens is 266 g/mol. The van der Waals surface area contributed by atoms with Crippen LogP contribution in [0.1, 0.15) is 45.3 Å². The second kappa shape index (κ2) is 7.70. The van der Waals surface area contributed by atoms with Gasteiger partial charge in [0.05, 0.1) is 12.1 Å². The van der Waals surface area contributed by atoms with E-state index in [1.807, 2.05) is 30.3 Å². The van der Waals surface area contributed by atoms with E-state index in [9.17, 15) is 9.90 Å². The lowest BCUT2D eigenvalue weighted by molar-refractivity contribution is 0.0415. The van der Waals surface area contributed by atoms with E-state index >= 15 is 0 Å². The molecule has 1 amide bonds. The minimum atomic E-state index is -0.827. The van der Waals surface area contributed by atoms with Gasteiger partial charge in [-0.3, -0.25) is 0 Å². The molecule has 0 saturated carbocycles. The van der Waals surface area contributed by atoms with Crippen molar-refractivity contribution in [3.05, 3.63) is 35.9 Å². The zero-order valence-corrected chi connectivity index (χ0v) is 12.8. The Kier molecular flexibility index (Phi) is 6.26. The number of hydrogen-bond donors (Lipinski definition) is 2. The maximum Gasteiger partial charge on any atom is 0.407 e. The molecule has 21 heavy (non-hydrogen) atoms. The molecule has 0 saturated heterocycles. The third-order valence-corrected chi connectivity index (χ3v) is 2.82. The maximum absolute atomic E-state index is 11.9. The summed E-state index contributed by atoms with van der Waals surface area (Å²) in [6.45, 7) is 5.37. The molecular formula is C17H23NO3. The molecule has 2 atom stereocenters. The minimum Gasteiger partial charge on any atom is -0.444 e. The van der Waals surface area contributed by atoms with Gasteiger partial charge in [-0.25, -0.2) is 4.79 Å². The summed E-state index contributed by atoms with van der Waals surface area (Å²) in [5, 5.41) is 13.1. The average molecular weight is 289 g/mol. The van der Waals surface area contributed by atoms with Gasteiger partial charge in [-0.05, 0) is 32.8 Å². The van der Waals surface area contributed by atoms with Crippen molar-refractivity contribution in [3.8, 4) is 12.3 Å². The Labute approximate surface area is 126 Å². The first-order valence-electron chi connectivity index (χ1n) is 6.99. The van der Waals surface area contributed by atoms with E-state index in [2.05, 4.69) is 11.2 Å². The van der Waals surface area contributed by atoms with Crippen molar-refractivity contribution in [2.45, 2.75) is 51.4 Å². The van der Waals surface area contributed by atoms with Crippen molar-refractivity contribution in [3.63, 3.8) is 0 Å². The second-order valence-corrected chi connectivity index (χ2v) is 5.85. The van der Waals surface area contributed by atoms with Gasteiger partial charge >= 0.3 is 6.09 Å². The van der Waals surface area contributed by atoms with Crippen LogP contribution >= 0.6 is 0 Å². The van der Waals surface area contributed by atoms with Gasteiger partial charge in [0.25, 0.3) is 0 Å². The Morgan fingerprint density at radius 3 is 2.52 bits per heavy atom. The van der Waals surface area contributed by atoms with Gasteiger partial charge in [-0.2, -0.15) is 0 Å². The number of aliphatic hydroxyl groups excluding tert-OH is 1. The van der Waals surface area contributed by atoms with Gasteiger partial charge in [0.1, 0.15) is 5.60 Å². The molecule has 0 aliphatic rings. The normalized spacial score (nSPS) is 13.9. The predicted molar refractivity (Wildman–Crippen MR) is 82.6 cm³/mol. The zero-order chi connectivity index (χ0) is 15.9. The first-order valence-corrected chi connectivity index (χ1v) is 6.99. The van der Waals surface area contributed by atoms with Crippen LogP contribution in [0.25, 0.3) is 0 Å². The second-order valence-electron chi connectivity index (χ2n) is 5.85. The third kappa shape index (κ3) is 6.33. The van der Waals surface area contributed by atoms with E-state index in [0.717, 1.165) is 5.56 Å². The quantitative estimate of drug-likeness (QED) is 0.819. The van der Waals surface area contributed by atoms with Crippen LogP contribution < -0.4 is 5.32 Å². The summed E-state index contributed by atoms with van der Waals surface area (Å²) < 4.78 is 5.22. The van der Waals surface area contributed by atoms with Crippen LogP contribution in [-0.4, -0.2) is 22.8 Å². The fraction of sp³-hybridized carbons (Fsp3) is 0.471. The largest absolute Gasteiger partial charge is 0.444 e. The van der Waals surface area contributed by atoms with Crippen LogP contribution in [0.5, 0.6) is 0 Å². The number of nitrogens with one attached hydrogen (secondary N) is 1. The average Bonchev–Trinajstić information content (AvgIpc) is 2.41. The van der Waals surface area contributed by atoms with Gasteiger partial charge in [-0.1, -0.05) is 30.3 Å².